The quantitative estimate of drug-likeness (QED) is 0.573. The summed E-state index contributed by atoms with van der Waals surface area (Å²) < 4.78 is 12.5. The average Bonchev–Trinajstić information content (AvgIpc) is 1.90. The lowest BCUT2D eigenvalue weighted by Crippen LogP contribution is -2.21. The molecule has 0 amide bonds. The van der Waals surface area contributed by atoms with Gasteiger partial charge < -0.3 is 5.73 Å². The van der Waals surface area contributed by atoms with E-state index in [9.17, 15) is 4.39 Å². The molecular formula is C7H14FN. The molecule has 0 radical (unpaired) electrons. The van der Waals surface area contributed by atoms with E-state index in [1.807, 2.05) is 0 Å². The Morgan fingerprint density at radius 3 is 2.22 bits per heavy atom. The first-order chi connectivity index (χ1) is 4.33. The van der Waals surface area contributed by atoms with Crippen LogP contribution in [0.5, 0.6) is 0 Å². The van der Waals surface area contributed by atoms with Crippen molar-refractivity contribution in [3.63, 3.8) is 0 Å². The molecule has 0 spiro atoms. The number of nitrogens with two attached hydrogens (primary N) is 1. The lowest BCUT2D eigenvalue weighted by atomic mass is 9.88. The largest absolute Gasteiger partial charge is 0.330 e. The molecule has 1 rings (SSSR count). The van der Waals surface area contributed by atoms with E-state index in [4.69, 9.17) is 5.73 Å². The molecular weight excluding hydrogens is 117 g/mol. The Balaban J connectivity index is 2.18. The first kappa shape index (κ1) is 7.00. The van der Waals surface area contributed by atoms with Gasteiger partial charge in [0.2, 0.25) is 0 Å². The van der Waals surface area contributed by atoms with E-state index in [0.29, 0.717) is 5.92 Å². The molecule has 54 valence electrons. The summed E-state index contributed by atoms with van der Waals surface area (Å²) in [4.78, 5) is 0. The van der Waals surface area contributed by atoms with E-state index >= 15 is 0 Å². The molecule has 0 heterocycles. The Kier molecular flexibility index (Phi) is 2.46. The third kappa shape index (κ3) is 1.94. The highest BCUT2D eigenvalue weighted by molar-refractivity contribution is 4.71. The van der Waals surface area contributed by atoms with Crippen LogP contribution in [0.1, 0.15) is 25.7 Å². The second-order valence-electron chi connectivity index (χ2n) is 2.85. The van der Waals surface area contributed by atoms with E-state index in [0.717, 1.165) is 32.2 Å². The normalized spacial score (nSPS) is 36.7. The molecule has 1 nitrogen and oxygen atoms in total. The summed E-state index contributed by atoms with van der Waals surface area (Å²) in [5, 5.41) is 0. The number of hydrogen-bond acceptors (Lipinski definition) is 1. The summed E-state index contributed by atoms with van der Waals surface area (Å²) >= 11 is 0. The number of alkyl halides is 1. The summed E-state index contributed by atoms with van der Waals surface area (Å²) in [6.45, 7) is 0.743. The maximum atomic E-state index is 12.5. The van der Waals surface area contributed by atoms with Crippen LogP contribution in [-0.2, 0) is 0 Å². The van der Waals surface area contributed by atoms with Crippen LogP contribution in [0.2, 0.25) is 0 Å². The monoisotopic (exact) mass is 131 g/mol. The summed E-state index contributed by atoms with van der Waals surface area (Å²) in [6, 6.07) is 0. The van der Waals surface area contributed by atoms with Crippen LogP contribution < -0.4 is 5.73 Å². The Hall–Kier alpha value is -0.110. The van der Waals surface area contributed by atoms with Gasteiger partial charge in [-0.1, -0.05) is 0 Å². The van der Waals surface area contributed by atoms with Crippen LogP contribution in [0.4, 0.5) is 4.39 Å². The second-order valence-corrected chi connectivity index (χ2v) is 2.85. The predicted octanol–water partition coefficient (Wildman–Crippen LogP) is 1.47. The van der Waals surface area contributed by atoms with Gasteiger partial charge in [0.25, 0.3) is 0 Å². The maximum Gasteiger partial charge on any atom is 0.100 e. The third-order valence-electron chi connectivity index (χ3n) is 2.11. The highest BCUT2D eigenvalue weighted by atomic mass is 19.1. The van der Waals surface area contributed by atoms with Crippen LogP contribution in [0.3, 0.4) is 0 Å². The summed E-state index contributed by atoms with van der Waals surface area (Å²) in [7, 11) is 0. The van der Waals surface area contributed by atoms with Crippen molar-refractivity contribution in [3.05, 3.63) is 0 Å². The van der Waals surface area contributed by atoms with Crippen LogP contribution >= 0.6 is 0 Å². The van der Waals surface area contributed by atoms with Crippen molar-refractivity contribution in [2.45, 2.75) is 31.9 Å². The van der Waals surface area contributed by atoms with Crippen molar-refractivity contribution in [2.75, 3.05) is 6.54 Å². The number of halogens is 1. The Morgan fingerprint density at radius 1 is 1.22 bits per heavy atom. The summed E-state index contributed by atoms with van der Waals surface area (Å²) in [5.41, 5.74) is 5.43. The van der Waals surface area contributed by atoms with Gasteiger partial charge >= 0.3 is 0 Å². The fourth-order valence-corrected chi connectivity index (χ4v) is 1.36. The number of hydrogen-bond donors (Lipinski definition) is 1. The van der Waals surface area contributed by atoms with Gasteiger partial charge in [-0.05, 0) is 38.1 Å². The molecule has 0 aliphatic heterocycles. The minimum absolute atomic E-state index is 0.534. The fourth-order valence-electron chi connectivity index (χ4n) is 1.36. The van der Waals surface area contributed by atoms with Gasteiger partial charge in [0, 0.05) is 0 Å². The molecule has 1 aliphatic carbocycles. The molecule has 2 N–H and O–H groups in total. The van der Waals surface area contributed by atoms with E-state index in [1.165, 1.54) is 0 Å². The lowest BCUT2D eigenvalue weighted by Gasteiger charge is -2.22. The van der Waals surface area contributed by atoms with Gasteiger partial charge in [0.05, 0.1) is 0 Å². The van der Waals surface area contributed by atoms with Crippen molar-refractivity contribution < 1.29 is 4.39 Å². The predicted molar refractivity (Wildman–Crippen MR) is 35.9 cm³/mol. The zero-order chi connectivity index (χ0) is 6.69. The molecule has 9 heavy (non-hydrogen) atoms. The minimum atomic E-state index is -0.534. The van der Waals surface area contributed by atoms with Crippen molar-refractivity contribution >= 4 is 0 Å². The van der Waals surface area contributed by atoms with Crippen LogP contribution in [0, 0.1) is 5.92 Å². The van der Waals surface area contributed by atoms with Gasteiger partial charge in [-0.3, -0.25) is 0 Å². The zero-order valence-electron chi connectivity index (χ0n) is 5.65. The molecule has 0 aromatic carbocycles. The van der Waals surface area contributed by atoms with Gasteiger partial charge in [-0.25, -0.2) is 4.39 Å². The van der Waals surface area contributed by atoms with Crippen LogP contribution in [-0.4, -0.2) is 12.7 Å². The van der Waals surface area contributed by atoms with Crippen molar-refractivity contribution in [1.29, 1.82) is 0 Å². The summed E-state index contributed by atoms with van der Waals surface area (Å²) in [6.07, 6.45) is 2.94. The van der Waals surface area contributed by atoms with Gasteiger partial charge in [-0.2, -0.15) is 0 Å². The molecule has 0 aromatic heterocycles. The molecule has 2 heteroatoms. The molecule has 1 saturated carbocycles. The van der Waals surface area contributed by atoms with Crippen molar-refractivity contribution in [1.82, 2.24) is 0 Å². The molecule has 0 bridgehead atoms. The zero-order valence-corrected chi connectivity index (χ0v) is 5.65. The van der Waals surface area contributed by atoms with Gasteiger partial charge in [0.1, 0.15) is 6.17 Å². The lowest BCUT2D eigenvalue weighted by molar-refractivity contribution is 0.210. The average molecular weight is 131 g/mol. The first-order valence-corrected chi connectivity index (χ1v) is 3.67. The molecule has 0 aromatic rings. The van der Waals surface area contributed by atoms with E-state index in [-0.39, 0.29) is 0 Å². The van der Waals surface area contributed by atoms with Crippen LogP contribution in [0.15, 0.2) is 0 Å². The highest BCUT2D eigenvalue weighted by Crippen LogP contribution is 2.24. The van der Waals surface area contributed by atoms with Crippen molar-refractivity contribution in [2.24, 2.45) is 11.7 Å². The second kappa shape index (κ2) is 3.16. The molecule has 1 fully saturated rings. The van der Waals surface area contributed by atoms with E-state index < -0.39 is 6.17 Å². The number of rotatable bonds is 1. The maximum absolute atomic E-state index is 12.5. The van der Waals surface area contributed by atoms with Gasteiger partial charge in [-0.15, -0.1) is 0 Å². The first-order valence-electron chi connectivity index (χ1n) is 3.67. The SMILES string of the molecule is NC[C@H]1CC[C@@H](F)CC1. The summed E-state index contributed by atoms with van der Waals surface area (Å²) in [5.74, 6) is 0.608. The topological polar surface area (TPSA) is 26.0 Å². The molecule has 0 unspecified atom stereocenters. The van der Waals surface area contributed by atoms with Crippen LogP contribution in [0.25, 0.3) is 0 Å². The molecule has 0 atom stereocenters. The smallest absolute Gasteiger partial charge is 0.100 e. The minimum Gasteiger partial charge on any atom is -0.330 e. The standard InChI is InChI=1S/C7H14FN/c8-7-3-1-6(5-9)2-4-7/h6-7H,1-5,9H2/t6-,7+. The fraction of sp³-hybridized carbons (Fsp3) is 1.00. The molecule has 1 aliphatic rings. The van der Waals surface area contributed by atoms with E-state index in [1.54, 1.807) is 0 Å². The third-order valence-corrected chi connectivity index (χ3v) is 2.11. The van der Waals surface area contributed by atoms with Gasteiger partial charge in [0.15, 0.2) is 0 Å². The Morgan fingerprint density at radius 2 is 1.78 bits per heavy atom. The van der Waals surface area contributed by atoms with E-state index in [2.05, 4.69) is 0 Å². The molecule has 0 saturated heterocycles. The Bertz CT molecular complexity index is 77.0. The Labute approximate surface area is 55.4 Å². The highest BCUT2D eigenvalue weighted by Gasteiger charge is 2.18. The van der Waals surface area contributed by atoms with Crippen molar-refractivity contribution in [3.8, 4) is 0 Å².